The smallest absolute Gasteiger partial charge is 0.323 e. The lowest BCUT2D eigenvalue weighted by molar-refractivity contribution is 0.134. The minimum Gasteiger partial charge on any atom is -0.457 e. The minimum atomic E-state index is -0.0181. The van der Waals surface area contributed by atoms with Gasteiger partial charge in [0.15, 0.2) is 0 Å². The van der Waals surface area contributed by atoms with Crippen molar-refractivity contribution in [3.8, 4) is 12.0 Å². The summed E-state index contributed by atoms with van der Waals surface area (Å²) in [6, 6.07) is 0.261. The van der Waals surface area contributed by atoms with Crippen LogP contribution in [0.2, 0.25) is 0 Å². The second kappa shape index (κ2) is 5.78. The van der Waals surface area contributed by atoms with Gasteiger partial charge in [0, 0.05) is 13.0 Å². The molecule has 0 bridgehead atoms. The average Bonchev–Trinajstić information content (AvgIpc) is 3.11. The van der Waals surface area contributed by atoms with Gasteiger partial charge in [-0.3, -0.25) is 0 Å². The lowest BCUT2D eigenvalue weighted by Gasteiger charge is -2.11. The third-order valence-corrected chi connectivity index (χ3v) is 2.72. The van der Waals surface area contributed by atoms with E-state index < -0.39 is 0 Å². The molecule has 2 aromatic rings. The highest BCUT2D eigenvalue weighted by molar-refractivity contribution is 5.29. The van der Waals surface area contributed by atoms with Gasteiger partial charge in [-0.1, -0.05) is 0 Å². The van der Waals surface area contributed by atoms with Gasteiger partial charge in [-0.25, -0.2) is 4.98 Å². The van der Waals surface area contributed by atoms with E-state index in [1.807, 2.05) is 6.92 Å². The third kappa shape index (κ3) is 2.82. The Morgan fingerprint density at radius 1 is 1.45 bits per heavy atom. The topological polar surface area (TPSA) is 99.9 Å². The fourth-order valence-corrected chi connectivity index (χ4v) is 1.80. The van der Waals surface area contributed by atoms with Crippen LogP contribution in [0.15, 0.2) is 12.7 Å². The van der Waals surface area contributed by atoms with Gasteiger partial charge in [-0.15, -0.1) is 0 Å². The number of rotatable bonds is 5. The molecule has 1 aliphatic rings. The number of aromatic nitrogens is 6. The van der Waals surface area contributed by atoms with Gasteiger partial charge in [0.05, 0.1) is 13.2 Å². The van der Waals surface area contributed by atoms with E-state index in [0.717, 1.165) is 6.42 Å². The van der Waals surface area contributed by atoms with Crippen LogP contribution >= 0.6 is 0 Å². The van der Waals surface area contributed by atoms with Crippen molar-refractivity contribution in [2.24, 2.45) is 0 Å². The fourth-order valence-electron chi connectivity index (χ4n) is 1.80. The van der Waals surface area contributed by atoms with Crippen LogP contribution in [0.25, 0.3) is 5.95 Å². The first kappa shape index (κ1) is 12.7. The van der Waals surface area contributed by atoms with Crippen LogP contribution in [0.3, 0.4) is 0 Å². The number of hydrogen-bond donors (Lipinski definition) is 1. The number of hydrogen-bond acceptors (Lipinski definition) is 8. The van der Waals surface area contributed by atoms with E-state index in [-0.39, 0.29) is 12.1 Å². The van der Waals surface area contributed by atoms with Crippen LogP contribution in [-0.4, -0.2) is 55.6 Å². The summed E-state index contributed by atoms with van der Waals surface area (Å²) < 4.78 is 12.4. The van der Waals surface area contributed by atoms with Gasteiger partial charge < -0.3 is 14.8 Å². The van der Waals surface area contributed by atoms with Crippen LogP contribution in [0.1, 0.15) is 13.3 Å². The highest BCUT2D eigenvalue weighted by Crippen LogP contribution is 2.15. The molecule has 9 nitrogen and oxygen atoms in total. The zero-order chi connectivity index (χ0) is 13.8. The summed E-state index contributed by atoms with van der Waals surface area (Å²) in [5.74, 6) is 0.810. The maximum atomic E-state index is 5.71. The monoisotopic (exact) mass is 277 g/mol. The number of ether oxygens (including phenoxy) is 2. The largest absolute Gasteiger partial charge is 0.457 e. The average molecular weight is 277 g/mol. The molecule has 0 spiro atoms. The highest BCUT2D eigenvalue weighted by atomic mass is 16.6. The lowest BCUT2D eigenvalue weighted by Crippen LogP contribution is -2.19. The summed E-state index contributed by atoms with van der Waals surface area (Å²) in [5, 5.41) is 7.05. The minimum absolute atomic E-state index is 0.0181. The zero-order valence-corrected chi connectivity index (χ0v) is 11.1. The van der Waals surface area contributed by atoms with E-state index >= 15 is 0 Å². The van der Waals surface area contributed by atoms with Crippen molar-refractivity contribution < 1.29 is 9.47 Å². The SMILES string of the molecule is CCNc1nc(OC2CCOC2)nc(-n2cncn2)n1. The van der Waals surface area contributed by atoms with E-state index in [4.69, 9.17) is 9.47 Å². The molecule has 1 saturated heterocycles. The first-order chi connectivity index (χ1) is 9.85. The predicted octanol–water partition coefficient (Wildman–Crippen LogP) is 0.0518. The summed E-state index contributed by atoms with van der Waals surface area (Å²) in [6.45, 7) is 3.92. The van der Waals surface area contributed by atoms with Crippen LogP contribution in [0.5, 0.6) is 6.01 Å². The Bertz CT molecular complexity index is 554. The molecular formula is C11H15N7O2. The number of nitrogens with one attached hydrogen (secondary N) is 1. The van der Waals surface area contributed by atoms with Gasteiger partial charge >= 0.3 is 6.01 Å². The normalized spacial score (nSPS) is 18.1. The summed E-state index contributed by atoms with van der Waals surface area (Å²) in [4.78, 5) is 16.6. The number of anilines is 1. The van der Waals surface area contributed by atoms with Gasteiger partial charge in [-0.05, 0) is 6.92 Å². The molecule has 1 aliphatic heterocycles. The summed E-state index contributed by atoms with van der Waals surface area (Å²) in [7, 11) is 0. The van der Waals surface area contributed by atoms with E-state index in [1.165, 1.54) is 17.3 Å². The quantitative estimate of drug-likeness (QED) is 0.818. The standard InChI is InChI=1S/C11H15N7O2/c1-2-13-9-15-10(18-7-12-6-14-18)17-11(16-9)20-8-3-4-19-5-8/h6-8H,2-5H2,1H3,(H,13,15,16,17). The molecule has 20 heavy (non-hydrogen) atoms. The van der Waals surface area contributed by atoms with Crippen LogP contribution in [0.4, 0.5) is 5.95 Å². The molecule has 9 heteroatoms. The second-order valence-electron chi connectivity index (χ2n) is 4.22. The Balaban J connectivity index is 1.87. The third-order valence-electron chi connectivity index (χ3n) is 2.72. The molecule has 1 atom stereocenters. The van der Waals surface area contributed by atoms with Gasteiger partial charge in [-0.2, -0.15) is 24.7 Å². The molecule has 1 N–H and O–H groups in total. The Labute approximate surface area is 115 Å². The van der Waals surface area contributed by atoms with E-state index in [9.17, 15) is 0 Å². The molecule has 1 unspecified atom stereocenters. The molecule has 3 heterocycles. The maximum absolute atomic E-state index is 5.71. The Hall–Kier alpha value is -2.29. The van der Waals surface area contributed by atoms with Crippen LogP contribution < -0.4 is 10.1 Å². The molecule has 106 valence electrons. The van der Waals surface area contributed by atoms with Crippen molar-refractivity contribution in [3.05, 3.63) is 12.7 Å². The fraction of sp³-hybridized carbons (Fsp3) is 0.545. The predicted molar refractivity (Wildman–Crippen MR) is 68.8 cm³/mol. The summed E-state index contributed by atoms with van der Waals surface area (Å²) >= 11 is 0. The molecule has 3 rings (SSSR count). The Morgan fingerprint density at radius 2 is 2.40 bits per heavy atom. The van der Waals surface area contributed by atoms with E-state index in [0.29, 0.717) is 31.7 Å². The molecule has 1 fully saturated rings. The zero-order valence-electron chi connectivity index (χ0n) is 11.1. The van der Waals surface area contributed by atoms with Gasteiger partial charge in [0.2, 0.25) is 5.95 Å². The highest BCUT2D eigenvalue weighted by Gasteiger charge is 2.19. The van der Waals surface area contributed by atoms with Crippen molar-refractivity contribution in [1.82, 2.24) is 29.7 Å². The van der Waals surface area contributed by atoms with Crippen molar-refractivity contribution in [1.29, 1.82) is 0 Å². The molecule has 0 aliphatic carbocycles. The molecular weight excluding hydrogens is 262 g/mol. The first-order valence-corrected chi connectivity index (χ1v) is 6.44. The van der Waals surface area contributed by atoms with Crippen molar-refractivity contribution >= 4 is 5.95 Å². The van der Waals surface area contributed by atoms with Gasteiger partial charge in [0.1, 0.15) is 18.8 Å². The van der Waals surface area contributed by atoms with Crippen molar-refractivity contribution in [2.45, 2.75) is 19.4 Å². The molecule has 0 saturated carbocycles. The van der Waals surface area contributed by atoms with Crippen molar-refractivity contribution in [2.75, 3.05) is 25.1 Å². The van der Waals surface area contributed by atoms with Gasteiger partial charge in [0.25, 0.3) is 5.95 Å². The maximum Gasteiger partial charge on any atom is 0.323 e. The summed E-state index contributed by atoms with van der Waals surface area (Å²) in [5.41, 5.74) is 0. The van der Waals surface area contributed by atoms with Crippen LogP contribution in [-0.2, 0) is 4.74 Å². The Morgan fingerprint density at radius 3 is 3.10 bits per heavy atom. The van der Waals surface area contributed by atoms with Crippen molar-refractivity contribution in [3.63, 3.8) is 0 Å². The molecule has 0 aromatic carbocycles. The lowest BCUT2D eigenvalue weighted by atomic mass is 10.3. The second-order valence-corrected chi connectivity index (χ2v) is 4.22. The molecule has 0 radical (unpaired) electrons. The summed E-state index contributed by atoms with van der Waals surface area (Å²) in [6.07, 6.45) is 3.76. The molecule has 2 aromatic heterocycles. The first-order valence-electron chi connectivity index (χ1n) is 6.44. The number of nitrogens with zero attached hydrogens (tertiary/aromatic N) is 6. The molecule has 0 amide bonds. The van der Waals surface area contributed by atoms with E-state index in [2.05, 4.69) is 30.4 Å². The van der Waals surface area contributed by atoms with Crippen LogP contribution in [0, 0.1) is 0 Å². The Kier molecular flexibility index (Phi) is 3.68. The van der Waals surface area contributed by atoms with E-state index in [1.54, 1.807) is 0 Å².